The van der Waals surface area contributed by atoms with Gasteiger partial charge in [-0.05, 0) is 12.1 Å². The molecule has 0 radical (unpaired) electrons. The molecule has 1 aromatic rings. The fourth-order valence-corrected chi connectivity index (χ4v) is 3.78. The van der Waals surface area contributed by atoms with E-state index in [-0.39, 0.29) is 8.86 Å². The van der Waals surface area contributed by atoms with Crippen molar-refractivity contribution in [3.05, 3.63) is 39.2 Å². The van der Waals surface area contributed by atoms with Gasteiger partial charge in [0, 0.05) is 11.9 Å². The van der Waals surface area contributed by atoms with Crippen molar-refractivity contribution in [3.8, 4) is 0 Å². The summed E-state index contributed by atoms with van der Waals surface area (Å²) < 4.78 is 24.4. The Morgan fingerprint density at radius 2 is 1.72 bits per heavy atom. The summed E-state index contributed by atoms with van der Waals surface area (Å²) in [6.45, 7) is 0. The van der Waals surface area contributed by atoms with Crippen LogP contribution in [0, 0.1) is 0 Å². The van der Waals surface area contributed by atoms with Crippen molar-refractivity contribution in [1.82, 2.24) is 0 Å². The molecule has 1 rings (SSSR count). The van der Waals surface area contributed by atoms with Gasteiger partial charge in [-0.3, -0.25) is 0 Å². The molecule has 0 saturated heterocycles. The lowest BCUT2D eigenvalue weighted by molar-refractivity contribution is 0.603. The van der Waals surface area contributed by atoms with Crippen molar-refractivity contribution in [2.45, 2.75) is 0 Å². The van der Waals surface area contributed by atoms with Crippen LogP contribution >= 0.6 is 58.4 Å². The van der Waals surface area contributed by atoms with Gasteiger partial charge in [-0.15, -0.1) is 11.6 Å². The number of hydrogen-bond donors (Lipinski definition) is 0. The monoisotopic (exact) mass is 365 g/mol. The first-order chi connectivity index (χ1) is 8.38. The molecule has 0 saturated carbocycles. The van der Waals surface area contributed by atoms with E-state index in [9.17, 15) is 8.42 Å². The minimum atomic E-state index is -3.72. The van der Waals surface area contributed by atoms with Crippen LogP contribution in [0.2, 0.25) is 0 Å². The Hall–Kier alpha value is 0.220. The van der Waals surface area contributed by atoms with Crippen molar-refractivity contribution in [3.63, 3.8) is 0 Å². The topological polar surface area (TPSA) is 37.4 Å². The van der Waals surface area contributed by atoms with Crippen molar-refractivity contribution in [2.24, 2.45) is 0 Å². The molecule has 0 bridgehead atoms. The van der Waals surface area contributed by atoms with E-state index in [1.165, 1.54) is 0 Å². The Morgan fingerprint density at radius 1 is 1.17 bits per heavy atom. The van der Waals surface area contributed by atoms with E-state index in [1.807, 2.05) is 0 Å². The van der Waals surface area contributed by atoms with Crippen LogP contribution in [0.25, 0.3) is 0 Å². The third-order valence-corrected chi connectivity index (χ3v) is 6.33. The van der Waals surface area contributed by atoms with E-state index in [0.29, 0.717) is 17.6 Å². The zero-order chi connectivity index (χ0) is 13.8. The second-order valence-electron chi connectivity index (χ2n) is 2.91. The molecule has 0 atom stereocenters. The van der Waals surface area contributed by atoms with Crippen LogP contribution in [0.1, 0.15) is 0 Å². The summed E-state index contributed by atoms with van der Waals surface area (Å²) in [5, 5.41) is -0.584. The highest BCUT2D eigenvalue weighted by Gasteiger charge is 2.24. The summed E-state index contributed by atoms with van der Waals surface area (Å²) in [5.41, 5.74) is 0.399. The Labute approximate surface area is 130 Å². The van der Waals surface area contributed by atoms with Crippen LogP contribution < -0.4 is 3.71 Å². The lowest BCUT2D eigenvalue weighted by Gasteiger charge is -2.21. The van der Waals surface area contributed by atoms with Crippen molar-refractivity contribution < 1.29 is 8.42 Å². The zero-order valence-corrected chi connectivity index (χ0v) is 13.3. The normalized spacial score (nSPS) is 11.1. The van der Waals surface area contributed by atoms with Gasteiger partial charge in [0.1, 0.15) is 14.1 Å². The molecule has 0 aliphatic carbocycles. The largest absolute Gasteiger partial charge is 0.259 e. The van der Waals surface area contributed by atoms with Crippen LogP contribution in [-0.4, -0.2) is 13.6 Å². The summed E-state index contributed by atoms with van der Waals surface area (Å²) in [6, 6.07) is 8.33. The van der Waals surface area contributed by atoms with Crippen molar-refractivity contribution >= 4 is 74.1 Å². The second-order valence-corrected chi connectivity index (χ2v) is 8.05. The number of sulfonamides is 1. The van der Waals surface area contributed by atoms with Gasteiger partial charge >= 0.3 is 0 Å². The fraction of sp³-hybridized carbons (Fsp3) is 0.111. The first-order valence-electron chi connectivity index (χ1n) is 4.41. The summed E-state index contributed by atoms with van der Waals surface area (Å²) >= 11 is 22.8. The third-order valence-electron chi connectivity index (χ3n) is 1.67. The predicted molar refractivity (Wildman–Crippen MR) is 80.7 cm³/mol. The molecule has 3 nitrogen and oxygen atoms in total. The highest BCUT2D eigenvalue weighted by Crippen LogP contribution is 2.37. The zero-order valence-electron chi connectivity index (χ0n) is 8.69. The van der Waals surface area contributed by atoms with Gasteiger partial charge in [0.15, 0.2) is 0 Å². The minimum absolute atomic E-state index is 0.0594. The lowest BCUT2D eigenvalue weighted by atomic mass is 10.3. The molecule has 9 heteroatoms. The Morgan fingerprint density at radius 3 is 2.17 bits per heavy atom. The number of halogens is 4. The second kappa shape index (κ2) is 7.12. The highest BCUT2D eigenvalue weighted by atomic mass is 35.5. The van der Waals surface area contributed by atoms with Crippen molar-refractivity contribution in [2.75, 3.05) is 8.92 Å². The number of hydrogen-bond acceptors (Lipinski definition) is 3. The van der Waals surface area contributed by atoms with Gasteiger partial charge in [0.25, 0.3) is 10.0 Å². The van der Waals surface area contributed by atoms with Gasteiger partial charge in [-0.2, -0.15) is 0 Å². The average molecular weight is 367 g/mol. The predicted octanol–water partition coefficient (Wildman–Crippen LogP) is 4.51. The maximum Gasteiger partial charge on any atom is 0.259 e. The highest BCUT2D eigenvalue weighted by molar-refractivity contribution is 8.17. The molecular weight excluding hydrogens is 360 g/mol. The van der Waals surface area contributed by atoms with Gasteiger partial charge in [-0.25, -0.2) is 12.1 Å². The Balaban J connectivity index is 3.17. The molecule has 1 aromatic carbocycles. The molecular formula is C9H7Cl4NO2S2. The Kier molecular flexibility index (Phi) is 6.44. The number of nitrogens with zero attached hydrogens (tertiary/aromatic N) is 1. The maximum atomic E-state index is 11.9. The first-order valence-corrected chi connectivity index (χ1v) is 8.46. The van der Waals surface area contributed by atoms with E-state index in [1.54, 1.807) is 30.3 Å². The third kappa shape index (κ3) is 4.40. The number of anilines is 1. The van der Waals surface area contributed by atoms with Gasteiger partial charge in [0.05, 0.1) is 5.69 Å². The Bertz CT molecular complexity index is 529. The van der Waals surface area contributed by atoms with Crippen molar-refractivity contribution in [1.29, 1.82) is 0 Å². The molecule has 0 spiro atoms. The van der Waals surface area contributed by atoms with E-state index >= 15 is 0 Å². The molecule has 100 valence electrons. The molecule has 0 heterocycles. The van der Waals surface area contributed by atoms with E-state index in [0.717, 1.165) is 3.71 Å². The summed E-state index contributed by atoms with van der Waals surface area (Å²) in [5.74, 6) is 0. The smallest absolute Gasteiger partial charge is 0.205 e. The van der Waals surface area contributed by atoms with E-state index in [4.69, 9.17) is 46.4 Å². The van der Waals surface area contributed by atoms with Gasteiger partial charge in [0.2, 0.25) is 0 Å². The summed E-state index contributed by atoms with van der Waals surface area (Å²) in [4.78, 5) is 0. The van der Waals surface area contributed by atoms with Gasteiger partial charge < -0.3 is 0 Å². The quantitative estimate of drug-likeness (QED) is 0.568. The van der Waals surface area contributed by atoms with Crippen LogP contribution in [-0.2, 0) is 10.0 Å². The van der Waals surface area contributed by atoms with Crippen LogP contribution in [0.3, 0.4) is 0 Å². The summed E-state index contributed by atoms with van der Waals surface area (Å²) in [7, 11) is -3.72. The lowest BCUT2D eigenvalue weighted by Crippen LogP contribution is -2.24. The molecule has 18 heavy (non-hydrogen) atoms. The van der Waals surface area contributed by atoms with Crippen LogP contribution in [0.15, 0.2) is 39.2 Å². The molecule has 0 N–H and O–H groups in total. The number of alkyl halides is 1. The number of benzene rings is 1. The minimum Gasteiger partial charge on any atom is -0.205 e. The molecule has 0 unspecified atom stereocenters. The summed E-state index contributed by atoms with van der Waals surface area (Å²) in [6.07, 6.45) is 0. The standard InChI is InChI=1S/C9H7Cl4NO2S2/c10-6-18(15,16)14(17-9(13)8(11)12)7-4-2-1-3-5-7/h1-5H,6H2. The molecule has 0 aliphatic heterocycles. The first kappa shape index (κ1) is 16.3. The van der Waals surface area contributed by atoms with Gasteiger partial charge in [-0.1, -0.05) is 53.0 Å². The fourth-order valence-electron chi connectivity index (χ4n) is 0.971. The SMILES string of the molecule is O=S(=O)(CCl)N(SC(Cl)=C(Cl)Cl)c1ccccc1. The molecule has 0 amide bonds. The molecule has 0 fully saturated rings. The van der Waals surface area contributed by atoms with E-state index < -0.39 is 15.2 Å². The average Bonchev–Trinajstić information content (AvgIpc) is 2.36. The number of para-hydroxylation sites is 1. The van der Waals surface area contributed by atoms with Crippen LogP contribution in [0.5, 0.6) is 0 Å². The maximum absolute atomic E-state index is 11.9. The molecule has 0 aliphatic rings. The molecule has 0 aromatic heterocycles. The van der Waals surface area contributed by atoms with Crippen LogP contribution in [0.4, 0.5) is 5.69 Å². The number of rotatable bonds is 5. The van der Waals surface area contributed by atoms with E-state index in [2.05, 4.69) is 0 Å².